The lowest BCUT2D eigenvalue weighted by atomic mass is 9.90. The molecule has 0 aliphatic rings. The Kier molecular flexibility index (Phi) is 38.5. The molecule has 13 atom stereocenters. The average Bonchev–Trinajstić information content (AvgIpc) is 0.807. The number of hydrogen-bond acceptors (Lipinski definition) is 16. The second kappa shape index (κ2) is 41.4. The largest absolute Gasteiger partial charge is 0.462 e. The minimum Gasteiger partial charge on any atom is -0.462 e. The van der Waals surface area contributed by atoms with Crippen molar-refractivity contribution in [3.8, 4) is 0 Å². The molecule has 0 saturated carbocycles. The summed E-state index contributed by atoms with van der Waals surface area (Å²) in [5, 5.41) is 24.3. The number of rotatable bonds is 41. The number of aliphatic hydroxyl groups is 1. The molecule has 26 nitrogen and oxygen atoms in total. The van der Waals surface area contributed by atoms with E-state index < -0.39 is 149 Å². The molecule has 0 radical (unpaired) electrons. The van der Waals surface area contributed by atoms with Gasteiger partial charge in [-0.25, -0.2) is 4.79 Å². The summed E-state index contributed by atoms with van der Waals surface area (Å²) in [6.07, 6.45) is 4.14. The Labute approximate surface area is 568 Å². The fraction of sp³-hybridized carbons (Fsp3) is 0.797. The lowest BCUT2D eigenvalue weighted by molar-refractivity contribution is -0.164. The van der Waals surface area contributed by atoms with Crippen LogP contribution in [0.4, 0.5) is 0 Å². The predicted octanol–water partition coefficient (Wildman–Crippen LogP) is 4.29. The number of amides is 10. The van der Waals surface area contributed by atoms with E-state index in [4.69, 9.17) is 9.47 Å². The van der Waals surface area contributed by atoms with Crippen molar-refractivity contribution in [2.45, 2.75) is 256 Å². The molecule has 0 heterocycles. The number of nitrogens with zero attached hydrogens (tertiary/aromatic N) is 6. The quantitative estimate of drug-likeness (QED) is 0.0367. The predicted molar refractivity (Wildman–Crippen MR) is 366 cm³/mol. The summed E-state index contributed by atoms with van der Waals surface area (Å²) < 4.78 is 11.3. The van der Waals surface area contributed by atoms with Crippen molar-refractivity contribution < 1.29 is 72.1 Å². The molecule has 546 valence electrons. The molecule has 0 fully saturated rings. The second-order valence-corrected chi connectivity index (χ2v) is 28.5. The molecule has 0 unspecified atom stereocenters. The Bertz CT molecular complexity index is 2570. The van der Waals surface area contributed by atoms with E-state index in [1.165, 1.54) is 87.4 Å². The molecule has 0 aromatic heterocycles. The number of ether oxygens (including phenoxy) is 2. The van der Waals surface area contributed by atoms with E-state index in [1.807, 2.05) is 54.5 Å². The number of carbonyl (C=O) groups is 12. The first kappa shape index (κ1) is 88.3. The summed E-state index contributed by atoms with van der Waals surface area (Å²) in [7, 11) is 10.3. The molecule has 0 aliphatic carbocycles. The smallest absolute Gasteiger partial charge is 0.328 e. The number of carbonyl (C=O) groups excluding carboxylic acids is 12. The molecule has 95 heavy (non-hydrogen) atoms. The van der Waals surface area contributed by atoms with Gasteiger partial charge in [0.1, 0.15) is 67.1 Å². The van der Waals surface area contributed by atoms with Crippen molar-refractivity contribution in [3.63, 3.8) is 0 Å². The van der Waals surface area contributed by atoms with Gasteiger partial charge in [-0.1, -0.05) is 102 Å². The molecular formula is C69H125N11O15. The molecule has 26 heteroatoms. The number of esters is 2. The highest BCUT2D eigenvalue weighted by molar-refractivity contribution is 5.98. The maximum atomic E-state index is 15.3. The second-order valence-electron chi connectivity index (χ2n) is 28.5. The van der Waals surface area contributed by atoms with Crippen LogP contribution in [0.5, 0.6) is 0 Å². The van der Waals surface area contributed by atoms with Crippen molar-refractivity contribution >= 4 is 71.0 Å². The maximum absolute atomic E-state index is 15.3. The normalized spacial score (nSPS) is 16.0. The van der Waals surface area contributed by atoms with Gasteiger partial charge in [0.2, 0.25) is 59.1 Å². The van der Waals surface area contributed by atoms with Crippen LogP contribution in [0, 0.1) is 41.4 Å². The van der Waals surface area contributed by atoms with E-state index >= 15 is 14.4 Å². The number of hydrogen-bond donors (Lipinski definition) is 6. The van der Waals surface area contributed by atoms with Crippen molar-refractivity contribution in [2.75, 3.05) is 62.5 Å². The van der Waals surface area contributed by atoms with Gasteiger partial charge in [-0.15, -0.1) is 0 Å². The number of allylic oxidation sites excluding steroid dienone is 2. The minimum atomic E-state index is -1.56. The summed E-state index contributed by atoms with van der Waals surface area (Å²) in [5.74, 6) is -9.80. The maximum Gasteiger partial charge on any atom is 0.328 e. The molecule has 0 aromatic carbocycles. The third-order valence-corrected chi connectivity index (χ3v) is 17.3. The number of likely N-dealkylation sites (N-methyl/N-ethyl adjacent to an activating group) is 7. The van der Waals surface area contributed by atoms with Crippen LogP contribution < -0.4 is 26.6 Å². The lowest BCUT2D eigenvalue weighted by Gasteiger charge is -2.42. The summed E-state index contributed by atoms with van der Waals surface area (Å²) in [5.41, 5.74) is -0.932. The molecule has 10 amide bonds. The van der Waals surface area contributed by atoms with Gasteiger partial charge in [0.15, 0.2) is 0 Å². The van der Waals surface area contributed by atoms with Gasteiger partial charge < -0.3 is 70.6 Å². The van der Waals surface area contributed by atoms with Crippen molar-refractivity contribution in [1.29, 1.82) is 0 Å². The Morgan fingerprint density at radius 3 is 1.44 bits per heavy atom. The summed E-state index contributed by atoms with van der Waals surface area (Å²) in [6, 6.07) is -11.7. The van der Waals surface area contributed by atoms with Gasteiger partial charge >= 0.3 is 11.9 Å². The third-order valence-electron chi connectivity index (χ3n) is 17.3. The summed E-state index contributed by atoms with van der Waals surface area (Å²) in [4.78, 5) is 177. The first-order valence-corrected chi connectivity index (χ1v) is 33.9. The van der Waals surface area contributed by atoms with Crippen LogP contribution in [0.2, 0.25) is 0 Å². The first-order valence-electron chi connectivity index (χ1n) is 33.9. The highest BCUT2D eigenvalue weighted by Gasteiger charge is 2.46. The zero-order valence-corrected chi connectivity index (χ0v) is 62.8. The fourth-order valence-electron chi connectivity index (χ4n) is 11.3. The topological polar surface area (TPSA) is 323 Å². The van der Waals surface area contributed by atoms with Crippen LogP contribution >= 0.6 is 0 Å². The van der Waals surface area contributed by atoms with Crippen LogP contribution in [-0.2, 0) is 67.0 Å². The van der Waals surface area contributed by atoms with E-state index in [9.17, 15) is 48.3 Å². The molecule has 0 aromatic rings. The van der Waals surface area contributed by atoms with Crippen LogP contribution in [-0.4, -0.2) is 240 Å². The third kappa shape index (κ3) is 28.5. The molecule has 0 rings (SSSR count). The lowest BCUT2D eigenvalue weighted by Crippen LogP contribution is -2.63. The van der Waals surface area contributed by atoms with Gasteiger partial charge in [0.25, 0.3) is 0 Å². The van der Waals surface area contributed by atoms with Crippen molar-refractivity contribution in [2.24, 2.45) is 41.4 Å². The van der Waals surface area contributed by atoms with Gasteiger partial charge in [-0.05, 0) is 128 Å². The zero-order valence-electron chi connectivity index (χ0n) is 62.8. The van der Waals surface area contributed by atoms with Crippen molar-refractivity contribution in [3.05, 3.63) is 12.2 Å². The molecular weight excluding hydrogens is 1220 g/mol. The van der Waals surface area contributed by atoms with E-state index in [0.717, 1.165) is 4.90 Å². The monoisotopic (exact) mass is 1350 g/mol. The van der Waals surface area contributed by atoms with Gasteiger partial charge in [-0.2, -0.15) is 0 Å². The van der Waals surface area contributed by atoms with Gasteiger partial charge in [0.05, 0.1) is 18.2 Å². The number of nitrogens with one attached hydrogen (secondary N) is 5. The average molecular weight is 1350 g/mol. The molecule has 0 saturated heterocycles. The Balaban J connectivity index is 7.11. The highest BCUT2D eigenvalue weighted by atomic mass is 16.5. The zero-order chi connectivity index (χ0) is 74.0. The molecule has 0 aliphatic heterocycles. The SMILES string of the molecule is C/C=C/C[C@@H](C)[C@@H](OC(C)=O)[C@@H](C(=O)N[C@@H](CC)C(=O)OCCN(C)C(C)=O)N(C)C(=O)[C@H](C(C)C)N(C)C(=O)[C@H](CC(C)C)N(C)C(=O)[C@H](CC(C)C)N(C)C(=O)[C@@H](C)NC(=O)[C@H](C)NC(=O)[C@H](CC(C)C)N(C)C(=O)[C@@H](NC(=O)[C@@H](NC)[C@H](C)CCC(C)(C)O)C(C)C. The summed E-state index contributed by atoms with van der Waals surface area (Å²) in [6.45, 7) is 34.0. The first-order chi connectivity index (χ1) is 43.8. The van der Waals surface area contributed by atoms with Crippen LogP contribution in [0.15, 0.2) is 12.2 Å². The van der Waals surface area contributed by atoms with Crippen LogP contribution in [0.3, 0.4) is 0 Å². The van der Waals surface area contributed by atoms with Gasteiger partial charge in [-0.3, -0.25) is 52.7 Å². The Hall–Kier alpha value is -6.70. The van der Waals surface area contributed by atoms with Crippen LogP contribution in [0.1, 0.15) is 183 Å². The summed E-state index contributed by atoms with van der Waals surface area (Å²) >= 11 is 0. The van der Waals surface area contributed by atoms with Crippen molar-refractivity contribution in [1.82, 2.24) is 56.0 Å². The molecule has 0 bridgehead atoms. The van der Waals surface area contributed by atoms with E-state index in [2.05, 4.69) is 26.6 Å². The molecule has 6 N–H and O–H groups in total. The Morgan fingerprint density at radius 1 is 0.526 bits per heavy atom. The van der Waals surface area contributed by atoms with E-state index in [0.29, 0.717) is 19.3 Å². The Morgan fingerprint density at radius 2 is 1.00 bits per heavy atom. The van der Waals surface area contributed by atoms with E-state index in [-0.39, 0.29) is 74.3 Å². The highest BCUT2D eigenvalue weighted by Crippen LogP contribution is 2.27. The van der Waals surface area contributed by atoms with Gasteiger partial charge in [0, 0.05) is 56.1 Å². The minimum absolute atomic E-state index is 0.0680. The fourth-order valence-corrected chi connectivity index (χ4v) is 11.3. The van der Waals surface area contributed by atoms with E-state index in [1.54, 1.807) is 82.5 Å². The standard InChI is InChI=1S/C69H125N11O15/c1-28-30-31-45(14)58(95-49(18)82)57(62(86)73-50(29-2)68(92)94-35-34-75(22)48(17)81)80(27)67(91)56(43(11)12)79(26)65(89)53(38-41(7)8)78(25)64(88)52(37-40(5)6)77(24)63(87)47(16)72-59(83)46(15)71-60(84)51(36-39(3)4)76(23)66(90)54(42(9)10)74-61(85)55(70-21)44(13)32-33-69(19,20)93/h28,30,39-47,50-58,70,93H,29,31-38H2,1-27H3,(H,71,84)(H,72,83)(H,73,86)(H,74,85)/b30-28+/t44-,45-,46+,47-,50+,51+,52+,53+,54+,55+,56+,57+,58-/m1/s1. The molecule has 0 spiro atoms. The van der Waals surface area contributed by atoms with Crippen LogP contribution in [0.25, 0.3) is 0 Å².